The summed E-state index contributed by atoms with van der Waals surface area (Å²) in [6.45, 7) is 0. The van der Waals surface area contributed by atoms with Crippen LogP contribution in [0, 0.1) is 10.1 Å². The van der Waals surface area contributed by atoms with E-state index in [4.69, 9.17) is 11.6 Å². The van der Waals surface area contributed by atoms with Crippen molar-refractivity contribution in [2.75, 3.05) is 5.88 Å². The molecule has 40 valence electrons. The fourth-order valence-electron chi connectivity index (χ4n) is 0.126. The average Bonchev–Trinajstić information content (AvgIpc) is 1.61. The Kier molecular flexibility index (Phi) is 3.32. The maximum absolute atomic E-state index is 9.42. The second kappa shape index (κ2) is 3.61. The fourth-order valence-corrected chi connectivity index (χ4v) is 0.206. The average molecular weight is 122 g/mol. The largest absolute Gasteiger partial charge is 0.259 e. The molecule has 7 heavy (non-hydrogen) atoms. The molecular weight excluding hydrogens is 117 g/mol. The van der Waals surface area contributed by atoms with Gasteiger partial charge in [-0.05, 0) is 0 Å². The number of hydrogen-bond acceptors (Lipinski definition) is 2. The molecule has 0 fully saturated rings. The number of alkyl halides is 1. The summed E-state index contributed by atoms with van der Waals surface area (Å²) in [5.74, 6) is 0.195. The monoisotopic (exact) mass is 121 g/mol. The first-order valence-corrected chi connectivity index (χ1v) is 2.17. The number of halogens is 1. The molecule has 0 saturated heterocycles. The van der Waals surface area contributed by atoms with Crippen molar-refractivity contribution in [3.05, 3.63) is 22.4 Å². The molecule has 0 heterocycles. The Morgan fingerprint density at radius 1 is 1.86 bits per heavy atom. The van der Waals surface area contributed by atoms with Crippen molar-refractivity contribution in [2.24, 2.45) is 0 Å². The van der Waals surface area contributed by atoms with Crippen molar-refractivity contribution in [2.45, 2.75) is 0 Å². The summed E-state index contributed by atoms with van der Waals surface area (Å²) >= 11 is 5.05. The molecule has 4 heteroatoms. The number of hydrogen-bond donors (Lipinski definition) is 0. The van der Waals surface area contributed by atoms with Crippen LogP contribution < -0.4 is 0 Å². The molecule has 0 spiro atoms. The Bertz CT molecular complexity index is 90.9. The number of allylic oxidation sites excluding steroid dienone is 1. The smallest absolute Gasteiger partial charge is 0.231 e. The molecule has 0 rings (SSSR count). The molecule has 0 N–H and O–H groups in total. The quantitative estimate of drug-likeness (QED) is 0.311. The van der Waals surface area contributed by atoms with Crippen LogP contribution >= 0.6 is 11.6 Å². The molecule has 0 bridgehead atoms. The Hall–Kier alpha value is -0.570. The molecule has 0 amide bonds. The van der Waals surface area contributed by atoms with E-state index in [1.807, 2.05) is 0 Å². The van der Waals surface area contributed by atoms with E-state index in [1.54, 1.807) is 0 Å². The van der Waals surface area contributed by atoms with Gasteiger partial charge in [-0.15, -0.1) is 11.6 Å². The minimum Gasteiger partial charge on any atom is -0.259 e. The van der Waals surface area contributed by atoms with Crippen LogP contribution in [0.4, 0.5) is 0 Å². The third kappa shape index (κ3) is 5.43. The van der Waals surface area contributed by atoms with Gasteiger partial charge in [-0.3, -0.25) is 10.1 Å². The second-order valence-corrected chi connectivity index (χ2v) is 1.13. The van der Waals surface area contributed by atoms with Gasteiger partial charge in [-0.25, -0.2) is 0 Å². The van der Waals surface area contributed by atoms with Crippen LogP contribution in [0.15, 0.2) is 12.3 Å². The van der Waals surface area contributed by atoms with Gasteiger partial charge in [0.2, 0.25) is 6.20 Å². The van der Waals surface area contributed by atoms with E-state index in [0.717, 1.165) is 6.20 Å². The lowest BCUT2D eigenvalue weighted by atomic mass is 10.7. The topological polar surface area (TPSA) is 43.1 Å². The first-order chi connectivity index (χ1) is 3.27. The van der Waals surface area contributed by atoms with Crippen LogP contribution in [0.25, 0.3) is 0 Å². The van der Waals surface area contributed by atoms with Gasteiger partial charge >= 0.3 is 0 Å². The van der Waals surface area contributed by atoms with E-state index >= 15 is 0 Å². The van der Waals surface area contributed by atoms with E-state index in [0.29, 0.717) is 0 Å². The minimum atomic E-state index is -0.553. The minimum absolute atomic E-state index is 0.195. The first kappa shape index (κ1) is 6.43. The molecular formula is C3H4ClNO2. The van der Waals surface area contributed by atoms with Gasteiger partial charge in [0.15, 0.2) is 0 Å². The molecule has 0 radical (unpaired) electrons. The molecule has 0 saturated carbocycles. The zero-order valence-electron chi connectivity index (χ0n) is 3.50. The molecule has 0 aromatic rings. The van der Waals surface area contributed by atoms with Gasteiger partial charge in [0.1, 0.15) is 0 Å². The van der Waals surface area contributed by atoms with E-state index in [9.17, 15) is 10.1 Å². The third-order valence-corrected chi connectivity index (χ3v) is 0.494. The number of nitrogens with zero attached hydrogens (tertiary/aromatic N) is 1. The molecule has 0 atom stereocenters. The van der Waals surface area contributed by atoms with E-state index in [1.165, 1.54) is 6.08 Å². The van der Waals surface area contributed by atoms with E-state index < -0.39 is 4.92 Å². The van der Waals surface area contributed by atoms with Crippen LogP contribution in [0.3, 0.4) is 0 Å². The van der Waals surface area contributed by atoms with Gasteiger partial charge in [0, 0.05) is 12.0 Å². The van der Waals surface area contributed by atoms with Crippen molar-refractivity contribution in [1.29, 1.82) is 0 Å². The van der Waals surface area contributed by atoms with Crippen molar-refractivity contribution in [3.8, 4) is 0 Å². The molecule has 0 aromatic heterocycles. The highest BCUT2D eigenvalue weighted by atomic mass is 35.5. The Labute approximate surface area is 45.7 Å². The lowest BCUT2D eigenvalue weighted by Crippen LogP contribution is -1.81. The Balaban J connectivity index is 3.26. The second-order valence-electron chi connectivity index (χ2n) is 0.824. The zero-order valence-corrected chi connectivity index (χ0v) is 4.26. The van der Waals surface area contributed by atoms with Crippen molar-refractivity contribution in [3.63, 3.8) is 0 Å². The maximum atomic E-state index is 9.42. The highest BCUT2D eigenvalue weighted by molar-refractivity contribution is 6.18. The van der Waals surface area contributed by atoms with E-state index in [2.05, 4.69) is 0 Å². The summed E-state index contributed by atoms with van der Waals surface area (Å²) in [5, 5.41) is 9.42. The summed E-state index contributed by atoms with van der Waals surface area (Å²) in [6, 6.07) is 0. The standard InChI is InChI=1S/C3H4ClNO2/c4-2-1-3-5(6)7/h1,3H,2H2. The SMILES string of the molecule is O=[N+]([O-])C=CCCl. The zero-order chi connectivity index (χ0) is 5.70. The number of nitro groups is 1. The summed E-state index contributed by atoms with van der Waals surface area (Å²) in [6.07, 6.45) is 2.08. The molecule has 0 aliphatic heterocycles. The first-order valence-electron chi connectivity index (χ1n) is 1.63. The van der Waals surface area contributed by atoms with Crippen molar-refractivity contribution in [1.82, 2.24) is 0 Å². The Morgan fingerprint density at radius 3 is 2.57 bits per heavy atom. The summed E-state index contributed by atoms with van der Waals surface area (Å²) in [4.78, 5) is 8.87. The molecule has 0 aliphatic carbocycles. The van der Waals surface area contributed by atoms with Gasteiger partial charge in [0.05, 0.1) is 4.92 Å². The lowest BCUT2D eigenvalue weighted by molar-refractivity contribution is -0.402. The van der Waals surface area contributed by atoms with E-state index in [-0.39, 0.29) is 5.88 Å². The van der Waals surface area contributed by atoms with Gasteiger partial charge in [-0.2, -0.15) is 0 Å². The van der Waals surface area contributed by atoms with Crippen LogP contribution in [-0.4, -0.2) is 10.8 Å². The predicted octanol–water partition coefficient (Wildman–Crippen LogP) is 1.02. The lowest BCUT2D eigenvalue weighted by Gasteiger charge is -1.72. The molecule has 0 unspecified atom stereocenters. The van der Waals surface area contributed by atoms with Crippen LogP contribution in [0.1, 0.15) is 0 Å². The van der Waals surface area contributed by atoms with Crippen molar-refractivity contribution >= 4 is 11.6 Å². The number of rotatable bonds is 2. The normalized spacial score (nSPS) is 9.86. The summed E-state index contributed by atoms with van der Waals surface area (Å²) in [5.41, 5.74) is 0. The highest BCUT2D eigenvalue weighted by Gasteiger charge is 1.78. The van der Waals surface area contributed by atoms with Gasteiger partial charge in [0.25, 0.3) is 0 Å². The molecule has 0 aliphatic rings. The maximum Gasteiger partial charge on any atom is 0.231 e. The van der Waals surface area contributed by atoms with Crippen molar-refractivity contribution < 1.29 is 4.92 Å². The fraction of sp³-hybridized carbons (Fsp3) is 0.333. The Morgan fingerprint density at radius 2 is 2.43 bits per heavy atom. The van der Waals surface area contributed by atoms with Crippen LogP contribution in [0.5, 0.6) is 0 Å². The van der Waals surface area contributed by atoms with Gasteiger partial charge < -0.3 is 0 Å². The van der Waals surface area contributed by atoms with Gasteiger partial charge in [-0.1, -0.05) is 0 Å². The predicted molar refractivity (Wildman–Crippen MR) is 26.9 cm³/mol. The van der Waals surface area contributed by atoms with Crippen LogP contribution in [-0.2, 0) is 0 Å². The molecule has 3 nitrogen and oxygen atoms in total. The summed E-state index contributed by atoms with van der Waals surface area (Å²) < 4.78 is 0. The third-order valence-electron chi connectivity index (χ3n) is 0.316. The summed E-state index contributed by atoms with van der Waals surface area (Å²) in [7, 11) is 0. The van der Waals surface area contributed by atoms with Crippen LogP contribution in [0.2, 0.25) is 0 Å². The highest BCUT2D eigenvalue weighted by Crippen LogP contribution is 1.76. The molecule has 0 aromatic carbocycles.